The van der Waals surface area contributed by atoms with Gasteiger partial charge >= 0.3 is 0 Å². The maximum absolute atomic E-state index is 13.3. The minimum Gasteiger partial charge on any atom is -0.488 e. The van der Waals surface area contributed by atoms with Crippen LogP contribution in [0.3, 0.4) is 0 Å². The SMILES string of the molecule is CC1CCC(Oc2cc(F)c(Cl)cc2N)CC1. The van der Waals surface area contributed by atoms with Gasteiger partial charge in [-0.2, -0.15) is 0 Å². The smallest absolute Gasteiger partial charge is 0.145 e. The molecule has 2 rings (SSSR count). The third-order valence-electron chi connectivity index (χ3n) is 3.31. The Hall–Kier alpha value is -0.960. The Bertz CT molecular complexity index is 403. The van der Waals surface area contributed by atoms with E-state index in [4.69, 9.17) is 22.1 Å². The van der Waals surface area contributed by atoms with Crippen LogP contribution in [0.1, 0.15) is 32.6 Å². The highest BCUT2D eigenvalue weighted by Gasteiger charge is 2.20. The van der Waals surface area contributed by atoms with Crippen LogP contribution < -0.4 is 10.5 Å². The highest BCUT2D eigenvalue weighted by atomic mass is 35.5. The zero-order chi connectivity index (χ0) is 12.4. The summed E-state index contributed by atoms with van der Waals surface area (Å²) in [4.78, 5) is 0. The highest BCUT2D eigenvalue weighted by molar-refractivity contribution is 6.31. The van der Waals surface area contributed by atoms with Crippen molar-refractivity contribution in [3.8, 4) is 5.75 Å². The molecule has 0 spiro atoms. The van der Waals surface area contributed by atoms with E-state index in [-0.39, 0.29) is 11.1 Å². The van der Waals surface area contributed by atoms with Crippen molar-refractivity contribution < 1.29 is 9.13 Å². The molecular formula is C13H17ClFNO. The lowest BCUT2D eigenvalue weighted by Gasteiger charge is -2.27. The number of halogens is 2. The summed E-state index contributed by atoms with van der Waals surface area (Å²) in [5.74, 6) is 0.681. The van der Waals surface area contributed by atoms with Gasteiger partial charge in [0.25, 0.3) is 0 Å². The van der Waals surface area contributed by atoms with E-state index >= 15 is 0 Å². The average molecular weight is 258 g/mol. The molecule has 2 N–H and O–H groups in total. The maximum Gasteiger partial charge on any atom is 0.145 e. The first kappa shape index (κ1) is 12.5. The van der Waals surface area contributed by atoms with Gasteiger partial charge in [0.15, 0.2) is 0 Å². The van der Waals surface area contributed by atoms with E-state index in [9.17, 15) is 4.39 Å². The van der Waals surface area contributed by atoms with E-state index in [2.05, 4.69) is 6.92 Å². The summed E-state index contributed by atoms with van der Waals surface area (Å²) >= 11 is 5.64. The first-order chi connectivity index (χ1) is 8.06. The molecule has 0 aliphatic heterocycles. The molecule has 1 aromatic rings. The number of anilines is 1. The largest absolute Gasteiger partial charge is 0.488 e. The molecule has 1 aliphatic rings. The van der Waals surface area contributed by atoms with Crippen LogP contribution in [0.2, 0.25) is 5.02 Å². The molecule has 0 amide bonds. The second-order valence-electron chi connectivity index (χ2n) is 4.80. The summed E-state index contributed by atoms with van der Waals surface area (Å²) in [6, 6.07) is 2.67. The van der Waals surface area contributed by atoms with Crippen LogP contribution in [0.25, 0.3) is 0 Å². The number of nitrogen functional groups attached to an aromatic ring is 1. The fourth-order valence-corrected chi connectivity index (χ4v) is 2.35. The van der Waals surface area contributed by atoms with Gasteiger partial charge in [0.1, 0.15) is 11.6 Å². The van der Waals surface area contributed by atoms with Crippen molar-refractivity contribution in [2.75, 3.05) is 5.73 Å². The second kappa shape index (κ2) is 5.13. The van der Waals surface area contributed by atoms with Gasteiger partial charge in [0, 0.05) is 6.07 Å². The number of rotatable bonds is 2. The van der Waals surface area contributed by atoms with Gasteiger partial charge in [-0.05, 0) is 37.7 Å². The number of nitrogens with two attached hydrogens (primary N) is 1. The first-order valence-corrected chi connectivity index (χ1v) is 6.35. The molecule has 4 heteroatoms. The van der Waals surface area contributed by atoms with Crippen LogP contribution in [-0.2, 0) is 0 Å². The predicted molar refractivity (Wildman–Crippen MR) is 67.9 cm³/mol. The van der Waals surface area contributed by atoms with Gasteiger partial charge in [0.05, 0.1) is 16.8 Å². The Morgan fingerprint density at radius 1 is 1.29 bits per heavy atom. The van der Waals surface area contributed by atoms with Gasteiger partial charge in [-0.15, -0.1) is 0 Å². The molecule has 17 heavy (non-hydrogen) atoms. The van der Waals surface area contributed by atoms with Gasteiger partial charge in [-0.3, -0.25) is 0 Å². The van der Waals surface area contributed by atoms with Crippen LogP contribution in [0, 0.1) is 11.7 Å². The Morgan fingerprint density at radius 2 is 1.94 bits per heavy atom. The molecule has 0 atom stereocenters. The third-order valence-corrected chi connectivity index (χ3v) is 3.60. The molecule has 1 aromatic carbocycles. The average Bonchev–Trinajstić information content (AvgIpc) is 2.29. The van der Waals surface area contributed by atoms with E-state index in [0.29, 0.717) is 11.4 Å². The third kappa shape index (κ3) is 3.03. The zero-order valence-electron chi connectivity index (χ0n) is 9.88. The Labute approximate surface area is 106 Å². The van der Waals surface area contributed by atoms with Gasteiger partial charge in [-0.1, -0.05) is 18.5 Å². The molecule has 0 unspecified atom stereocenters. The van der Waals surface area contributed by atoms with Crippen molar-refractivity contribution in [1.82, 2.24) is 0 Å². The molecule has 1 fully saturated rings. The van der Waals surface area contributed by atoms with Crippen molar-refractivity contribution in [2.45, 2.75) is 38.7 Å². The Balaban J connectivity index is 2.06. The van der Waals surface area contributed by atoms with Crippen molar-refractivity contribution in [3.63, 3.8) is 0 Å². The molecule has 0 radical (unpaired) electrons. The second-order valence-corrected chi connectivity index (χ2v) is 5.21. The van der Waals surface area contributed by atoms with Crippen LogP contribution in [0.15, 0.2) is 12.1 Å². The van der Waals surface area contributed by atoms with Crippen LogP contribution >= 0.6 is 11.6 Å². The molecule has 94 valence electrons. The van der Waals surface area contributed by atoms with E-state index in [1.165, 1.54) is 12.1 Å². The van der Waals surface area contributed by atoms with Crippen molar-refractivity contribution in [2.24, 2.45) is 5.92 Å². The fourth-order valence-electron chi connectivity index (χ4n) is 2.17. The number of hydrogen-bond acceptors (Lipinski definition) is 2. The summed E-state index contributed by atoms with van der Waals surface area (Å²) in [6.45, 7) is 2.24. The molecule has 2 nitrogen and oxygen atoms in total. The fraction of sp³-hybridized carbons (Fsp3) is 0.538. The normalized spacial score (nSPS) is 24.6. The van der Waals surface area contributed by atoms with Crippen molar-refractivity contribution in [1.29, 1.82) is 0 Å². The maximum atomic E-state index is 13.3. The quantitative estimate of drug-likeness (QED) is 0.813. The highest BCUT2D eigenvalue weighted by Crippen LogP contribution is 2.32. The van der Waals surface area contributed by atoms with Gasteiger partial charge in [-0.25, -0.2) is 4.39 Å². The lowest BCUT2D eigenvalue weighted by molar-refractivity contribution is 0.136. The molecule has 0 bridgehead atoms. The Morgan fingerprint density at radius 3 is 2.59 bits per heavy atom. The summed E-state index contributed by atoms with van der Waals surface area (Å²) in [6.07, 6.45) is 4.46. The summed E-state index contributed by atoms with van der Waals surface area (Å²) < 4.78 is 19.1. The standard InChI is InChI=1S/C13H17ClFNO/c1-8-2-4-9(5-3-8)17-13-7-11(15)10(14)6-12(13)16/h6-9H,2-5,16H2,1H3. The monoisotopic (exact) mass is 257 g/mol. The molecule has 0 heterocycles. The Kier molecular flexibility index (Phi) is 3.77. The van der Waals surface area contributed by atoms with Gasteiger partial charge in [0.2, 0.25) is 0 Å². The van der Waals surface area contributed by atoms with Crippen molar-refractivity contribution >= 4 is 17.3 Å². The lowest BCUT2D eigenvalue weighted by Crippen LogP contribution is -2.23. The van der Waals surface area contributed by atoms with E-state index in [0.717, 1.165) is 31.6 Å². The summed E-state index contributed by atoms with van der Waals surface area (Å²) in [5.41, 5.74) is 6.16. The summed E-state index contributed by atoms with van der Waals surface area (Å²) in [7, 11) is 0. The molecule has 0 saturated heterocycles. The van der Waals surface area contributed by atoms with E-state index in [1.807, 2.05) is 0 Å². The molecule has 1 aliphatic carbocycles. The molecule has 1 saturated carbocycles. The predicted octanol–water partition coefficient (Wildman–Crippen LogP) is 4.02. The topological polar surface area (TPSA) is 35.2 Å². The minimum absolute atomic E-state index is 0.0344. The number of benzene rings is 1. The molecular weight excluding hydrogens is 241 g/mol. The zero-order valence-corrected chi connectivity index (χ0v) is 10.6. The van der Waals surface area contributed by atoms with E-state index in [1.54, 1.807) is 0 Å². The minimum atomic E-state index is -0.486. The lowest BCUT2D eigenvalue weighted by atomic mass is 9.89. The van der Waals surface area contributed by atoms with E-state index < -0.39 is 5.82 Å². The summed E-state index contributed by atoms with van der Waals surface area (Å²) in [5, 5.41) is 0.0344. The first-order valence-electron chi connectivity index (χ1n) is 5.97. The van der Waals surface area contributed by atoms with Crippen molar-refractivity contribution in [3.05, 3.63) is 23.0 Å². The van der Waals surface area contributed by atoms with Crippen LogP contribution in [0.5, 0.6) is 5.75 Å². The number of hydrogen-bond donors (Lipinski definition) is 1. The van der Waals surface area contributed by atoms with Crippen LogP contribution in [-0.4, -0.2) is 6.10 Å². The number of ether oxygens (including phenoxy) is 1. The van der Waals surface area contributed by atoms with Gasteiger partial charge < -0.3 is 10.5 Å². The van der Waals surface area contributed by atoms with Crippen LogP contribution in [0.4, 0.5) is 10.1 Å². The molecule has 0 aromatic heterocycles.